The van der Waals surface area contributed by atoms with Gasteiger partial charge in [-0.05, 0) is 74.1 Å². The lowest BCUT2D eigenvalue weighted by atomic mass is 9.96. The summed E-state index contributed by atoms with van der Waals surface area (Å²) in [6.45, 7) is 4.66. The van der Waals surface area contributed by atoms with Crippen LogP contribution in [0.5, 0.6) is 5.75 Å². The zero-order valence-corrected chi connectivity index (χ0v) is 20.1. The van der Waals surface area contributed by atoms with Crippen LogP contribution in [0.1, 0.15) is 41.1 Å². The monoisotopic (exact) mass is 464 g/mol. The van der Waals surface area contributed by atoms with Gasteiger partial charge in [-0.3, -0.25) is 9.78 Å². The van der Waals surface area contributed by atoms with Crippen LogP contribution in [-0.4, -0.2) is 46.3 Å². The average Bonchev–Trinajstić information content (AvgIpc) is 3.32. The zero-order chi connectivity index (χ0) is 23.5. The van der Waals surface area contributed by atoms with Crippen LogP contribution >= 0.6 is 12.2 Å². The Balaban J connectivity index is 1.77. The Kier molecular flexibility index (Phi) is 6.65. The number of carbonyl (C=O) groups excluding carboxylic acids is 1. The molecular weight excluding hydrogens is 436 g/mol. The Labute approximate surface area is 199 Å². The standard InChI is InChI=1S/C25H28N4O3S/c1-16-15-20(17(2)29(16)18-8-10-19(31-3)11-9-18)24-23(21-7-5-6-13-26-21)27-25(33)28(24)14-12-22(30)32-4/h5-11,13,15,23-24H,12,14H2,1-4H3,(H,27,33). The van der Waals surface area contributed by atoms with Crippen LogP contribution in [0.3, 0.4) is 0 Å². The van der Waals surface area contributed by atoms with Gasteiger partial charge in [0.1, 0.15) is 5.75 Å². The molecule has 3 aromatic rings. The normalized spacial score (nSPS) is 17.7. The van der Waals surface area contributed by atoms with Crippen LogP contribution in [0.4, 0.5) is 0 Å². The first-order chi connectivity index (χ1) is 15.9. The highest BCUT2D eigenvalue weighted by molar-refractivity contribution is 7.80. The molecule has 1 aliphatic heterocycles. The molecule has 0 radical (unpaired) electrons. The number of pyridine rings is 1. The van der Waals surface area contributed by atoms with Crippen LogP contribution in [0.2, 0.25) is 0 Å². The molecule has 2 unspecified atom stereocenters. The molecule has 3 heterocycles. The van der Waals surface area contributed by atoms with Crippen molar-refractivity contribution >= 4 is 23.3 Å². The smallest absolute Gasteiger partial charge is 0.307 e. The zero-order valence-electron chi connectivity index (χ0n) is 19.2. The molecule has 2 aromatic heterocycles. The molecule has 7 nitrogen and oxygen atoms in total. The Morgan fingerprint density at radius 2 is 1.91 bits per heavy atom. The van der Waals surface area contributed by atoms with Gasteiger partial charge in [0.15, 0.2) is 5.11 Å². The highest BCUT2D eigenvalue weighted by Gasteiger charge is 2.41. The number of hydrogen-bond acceptors (Lipinski definition) is 5. The number of aromatic nitrogens is 2. The van der Waals surface area contributed by atoms with Gasteiger partial charge in [-0.25, -0.2) is 0 Å². The molecule has 0 saturated carbocycles. The minimum absolute atomic E-state index is 0.116. The Morgan fingerprint density at radius 1 is 1.15 bits per heavy atom. The Bertz CT molecular complexity index is 1140. The molecule has 172 valence electrons. The second-order valence-corrected chi connectivity index (χ2v) is 8.39. The van der Waals surface area contributed by atoms with Gasteiger partial charge in [-0.15, -0.1) is 0 Å². The summed E-state index contributed by atoms with van der Waals surface area (Å²) in [4.78, 5) is 18.6. The molecule has 0 spiro atoms. The van der Waals surface area contributed by atoms with Crippen molar-refractivity contribution in [1.29, 1.82) is 0 Å². The maximum atomic E-state index is 11.9. The summed E-state index contributed by atoms with van der Waals surface area (Å²) in [6.07, 6.45) is 2.04. The van der Waals surface area contributed by atoms with E-state index in [1.54, 1.807) is 13.3 Å². The van der Waals surface area contributed by atoms with Crippen LogP contribution in [0.25, 0.3) is 5.69 Å². The molecule has 0 bridgehead atoms. The first kappa shape index (κ1) is 22.8. The van der Waals surface area contributed by atoms with Gasteiger partial charge in [-0.2, -0.15) is 0 Å². The lowest BCUT2D eigenvalue weighted by Gasteiger charge is -2.28. The molecule has 1 saturated heterocycles. The molecule has 2 atom stereocenters. The lowest BCUT2D eigenvalue weighted by Crippen LogP contribution is -2.32. The van der Waals surface area contributed by atoms with Gasteiger partial charge in [0.2, 0.25) is 0 Å². The number of carbonyl (C=O) groups is 1. The van der Waals surface area contributed by atoms with E-state index in [0.717, 1.165) is 34.1 Å². The SMILES string of the molecule is COC(=O)CCN1C(=S)NC(c2ccccn2)C1c1cc(C)n(-c2ccc(OC)cc2)c1C. The molecule has 8 heteroatoms. The van der Waals surface area contributed by atoms with E-state index in [9.17, 15) is 4.79 Å². The molecule has 1 fully saturated rings. The molecule has 0 amide bonds. The maximum absolute atomic E-state index is 11.9. The first-order valence-electron chi connectivity index (χ1n) is 10.8. The summed E-state index contributed by atoms with van der Waals surface area (Å²) < 4.78 is 12.4. The van der Waals surface area contributed by atoms with Crippen molar-refractivity contribution in [2.45, 2.75) is 32.4 Å². The van der Waals surface area contributed by atoms with E-state index in [0.29, 0.717) is 11.7 Å². The highest BCUT2D eigenvalue weighted by Crippen LogP contribution is 2.41. The largest absolute Gasteiger partial charge is 0.497 e. The second kappa shape index (κ2) is 9.62. The van der Waals surface area contributed by atoms with Crippen molar-refractivity contribution in [3.8, 4) is 11.4 Å². The van der Waals surface area contributed by atoms with E-state index in [1.165, 1.54) is 7.11 Å². The summed E-state index contributed by atoms with van der Waals surface area (Å²) >= 11 is 5.70. The molecular formula is C25H28N4O3S. The molecule has 1 aliphatic rings. The molecule has 1 aromatic carbocycles. The van der Waals surface area contributed by atoms with E-state index in [-0.39, 0.29) is 24.5 Å². The lowest BCUT2D eigenvalue weighted by molar-refractivity contribution is -0.140. The van der Waals surface area contributed by atoms with E-state index in [1.807, 2.05) is 42.5 Å². The van der Waals surface area contributed by atoms with Crippen molar-refractivity contribution in [2.75, 3.05) is 20.8 Å². The van der Waals surface area contributed by atoms with Crippen LogP contribution in [0.15, 0.2) is 54.7 Å². The van der Waals surface area contributed by atoms with Gasteiger partial charge in [0.05, 0.1) is 38.4 Å². The van der Waals surface area contributed by atoms with Crippen LogP contribution < -0.4 is 10.1 Å². The third-order valence-electron chi connectivity index (χ3n) is 6.10. The minimum atomic E-state index is -0.262. The number of benzene rings is 1. The number of methoxy groups -OCH3 is 2. The van der Waals surface area contributed by atoms with Gasteiger partial charge >= 0.3 is 5.97 Å². The highest BCUT2D eigenvalue weighted by atomic mass is 32.1. The number of aryl methyl sites for hydroxylation is 1. The van der Waals surface area contributed by atoms with E-state index in [2.05, 4.69) is 39.7 Å². The van der Waals surface area contributed by atoms with Crippen molar-refractivity contribution < 1.29 is 14.3 Å². The third kappa shape index (κ3) is 4.43. The molecule has 1 N–H and O–H groups in total. The molecule has 33 heavy (non-hydrogen) atoms. The third-order valence-corrected chi connectivity index (χ3v) is 6.45. The molecule has 0 aliphatic carbocycles. The summed E-state index contributed by atoms with van der Waals surface area (Å²) in [5, 5.41) is 4.04. The first-order valence-corrected chi connectivity index (χ1v) is 11.2. The minimum Gasteiger partial charge on any atom is -0.497 e. The molecule has 4 rings (SSSR count). The number of esters is 1. The predicted molar refractivity (Wildman–Crippen MR) is 131 cm³/mol. The summed E-state index contributed by atoms with van der Waals surface area (Å²) in [6, 6.07) is 15.8. The summed E-state index contributed by atoms with van der Waals surface area (Å²) in [5.74, 6) is 0.553. The number of thiocarbonyl (C=S) groups is 1. The van der Waals surface area contributed by atoms with Crippen molar-refractivity contribution in [2.24, 2.45) is 0 Å². The van der Waals surface area contributed by atoms with E-state index >= 15 is 0 Å². The maximum Gasteiger partial charge on any atom is 0.307 e. The fourth-order valence-corrected chi connectivity index (χ4v) is 4.85. The van der Waals surface area contributed by atoms with Gasteiger partial charge in [0, 0.05) is 29.8 Å². The van der Waals surface area contributed by atoms with Crippen molar-refractivity contribution in [1.82, 2.24) is 19.8 Å². The van der Waals surface area contributed by atoms with Crippen molar-refractivity contribution in [3.63, 3.8) is 0 Å². The number of ether oxygens (including phenoxy) is 2. The Morgan fingerprint density at radius 3 is 2.55 bits per heavy atom. The average molecular weight is 465 g/mol. The number of rotatable bonds is 7. The number of nitrogens with zero attached hydrogens (tertiary/aromatic N) is 3. The van der Waals surface area contributed by atoms with Gasteiger partial charge < -0.3 is 24.3 Å². The number of nitrogens with one attached hydrogen (secondary N) is 1. The fraction of sp³-hybridized carbons (Fsp3) is 0.320. The van der Waals surface area contributed by atoms with E-state index in [4.69, 9.17) is 21.7 Å². The van der Waals surface area contributed by atoms with Crippen LogP contribution in [-0.2, 0) is 9.53 Å². The van der Waals surface area contributed by atoms with E-state index < -0.39 is 0 Å². The van der Waals surface area contributed by atoms with Crippen LogP contribution in [0, 0.1) is 13.8 Å². The van der Waals surface area contributed by atoms with Gasteiger partial charge in [0.25, 0.3) is 0 Å². The number of hydrogen-bond donors (Lipinski definition) is 1. The topological polar surface area (TPSA) is 68.6 Å². The summed E-state index contributed by atoms with van der Waals surface area (Å²) in [7, 11) is 3.06. The quantitative estimate of drug-likeness (QED) is 0.418. The van der Waals surface area contributed by atoms with Crippen molar-refractivity contribution in [3.05, 3.63) is 77.4 Å². The second-order valence-electron chi connectivity index (χ2n) is 8.01. The summed E-state index contributed by atoms with van der Waals surface area (Å²) in [5.41, 5.74) is 5.31. The fourth-order valence-electron chi connectivity index (χ4n) is 4.51. The predicted octanol–water partition coefficient (Wildman–Crippen LogP) is 4.03. The van der Waals surface area contributed by atoms with Gasteiger partial charge in [-0.1, -0.05) is 6.07 Å². The Hall–Kier alpha value is -3.39.